The highest BCUT2D eigenvalue weighted by Crippen LogP contribution is 2.32. The van der Waals surface area contributed by atoms with Crippen LogP contribution >= 0.6 is 0 Å². The summed E-state index contributed by atoms with van der Waals surface area (Å²) < 4.78 is 15.8. The maximum absolute atomic E-state index is 12.9. The van der Waals surface area contributed by atoms with E-state index in [1.165, 1.54) is 0 Å². The number of ether oxygens (including phenoxy) is 3. The molecule has 0 aromatic heterocycles. The molecule has 1 unspecified atom stereocenters. The topological polar surface area (TPSA) is 56.8 Å². The molecule has 0 radical (unpaired) electrons. The molecule has 0 spiro atoms. The molecular weight excluding hydrogens is 366 g/mol. The monoisotopic (exact) mass is 391 g/mol. The van der Waals surface area contributed by atoms with E-state index in [1.807, 2.05) is 54.6 Å². The molecule has 5 nitrogen and oxygen atoms in total. The van der Waals surface area contributed by atoms with Gasteiger partial charge in [0.2, 0.25) is 5.91 Å². The van der Waals surface area contributed by atoms with Gasteiger partial charge < -0.3 is 19.5 Å². The molecule has 3 aromatic carbocycles. The molecule has 0 bridgehead atoms. The van der Waals surface area contributed by atoms with Crippen LogP contribution in [0.1, 0.15) is 23.5 Å². The SMILES string of the molecule is COc1ccc(C(CC(=O)Nc2ccc(OC)cc2OC)c2ccccc2)cc1. The molecular formula is C24H25NO4. The Kier molecular flexibility index (Phi) is 6.74. The molecule has 5 heteroatoms. The van der Waals surface area contributed by atoms with E-state index in [0.29, 0.717) is 23.6 Å². The van der Waals surface area contributed by atoms with E-state index >= 15 is 0 Å². The van der Waals surface area contributed by atoms with Crippen LogP contribution in [0.4, 0.5) is 5.69 Å². The summed E-state index contributed by atoms with van der Waals surface area (Å²) in [7, 11) is 4.79. The summed E-state index contributed by atoms with van der Waals surface area (Å²) in [6.45, 7) is 0. The molecule has 29 heavy (non-hydrogen) atoms. The third-order valence-electron chi connectivity index (χ3n) is 4.79. The third kappa shape index (κ3) is 5.08. The molecule has 0 aliphatic rings. The Morgan fingerprint density at radius 3 is 2.03 bits per heavy atom. The fourth-order valence-corrected chi connectivity index (χ4v) is 3.24. The van der Waals surface area contributed by atoms with Crippen molar-refractivity contribution in [3.8, 4) is 17.2 Å². The summed E-state index contributed by atoms with van der Waals surface area (Å²) in [6, 6.07) is 23.1. The number of anilines is 1. The first-order valence-electron chi connectivity index (χ1n) is 9.35. The van der Waals surface area contributed by atoms with Crippen molar-refractivity contribution in [3.05, 3.63) is 83.9 Å². The Morgan fingerprint density at radius 1 is 0.793 bits per heavy atom. The van der Waals surface area contributed by atoms with Crippen LogP contribution in [0.3, 0.4) is 0 Å². The van der Waals surface area contributed by atoms with Gasteiger partial charge in [-0.2, -0.15) is 0 Å². The standard InChI is InChI=1S/C24H25NO4/c1-27-19-11-9-18(10-12-19)21(17-7-5-4-6-8-17)16-24(26)25-22-14-13-20(28-2)15-23(22)29-3/h4-15,21H,16H2,1-3H3,(H,25,26). The van der Waals surface area contributed by atoms with Crippen molar-refractivity contribution in [1.29, 1.82) is 0 Å². The van der Waals surface area contributed by atoms with Crippen molar-refractivity contribution < 1.29 is 19.0 Å². The second kappa shape index (κ2) is 9.64. The zero-order chi connectivity index (χ0) is 20.6. The van der Waals surface area contributed by atoms with Crippen molar-refractivity contribution >= 4 is 11.6 Å². The van der Waals surface area contributed by atoms with E-state index in [2.05, 4.69) is 5.32 Å². The molecule has 150 valence electrons. The first-order chi connectivity index (χ1) is 14.1. The maximum atomic E-state index is 12.9. The van der Waals surface area contributed by atoms with E-state index < -0.39 is 0 Å². The molecule has 0 fully saturated rings. The Labute approximate surface area is 171 Å². The van der Waals surface area contributed by atoms with Crippen LogP contribution in [0.5, 0.6) is 17.2 Å². The van der Waals surface area contributed by atoms with Crippen LogP contribution in [-0.4, -0.2) is 27.2 Å². The Bertz CT molecular complexity index is 939. The number of nitrogens with one attached hydrogen (secondary N) is 1. The quantitative estimate of drug-likeness (QED) is 0.595. The minimum Gasteiger partial charge on any atom is -0.497 e. The van der Waals surface area contributed by atoms with Gasteiger partial charge in [0.05, 0.1) is 27.0 Å². The molecule has 3 rings (SSSR count). The summed E-state index contributed by atoms with van der Waals surface area (Å²) in [5, 5.41) is 2.96. The van der Waals surface area contributed by atoms with Crippen LogP contribution in [0.2, 0.25) is 0 Å². The molecule has 3 aromatic rings. The number of carbonyl (C=O) groups is 1. The average Bonchev–Trinajstić information content (AvgIpc) is 2.78. The summed E-state index contributed by atoms with van der Waals surface area (Å²) >= 11 is 0. The van der Waals surface area contributed by atoms with Gasteiger partial charge in [-0.25, -0.2) is 0 Å². The number of methoxy groups -OCH3 is 3. The first kappa shape index (κ1) is 20.3. The van der Waals surface area contributed by atoms with E-state index in [9.17, 15) is 4.79 Å². The molecule has 1 amide bonds. The summed E-state index contributed by atoms with van der Waals surface area (Å²) in [5.41, 5.74) is 2.74. The van der Waals surface area contributed by atoms with Gasteiger partial charge in [0.25, 0.3) is 0 Å². The number of hydrogen-bond acceptors (Lipinski definition) is 4. The van der Waals surface area contributed by atoms with Crippen LogP contribution in [0.25, 0.3) is 0 Å². The number of rotatable bonds is 8. The van der Waals surface area contributed by atoms with E-state index in [-0.39, 0.29) is 11.8 Å². The van der Waals surface area contributed by atoms with Gasteiger partial charge in [0, 0.05) is 18.4 Å². The normalized spacial score (nSPS) is 11.4. The van der Waals surface area contributed by atoms with Crippen molar-refractivity contribution in [1.82, 2.24) is 0 Å². The van der Waals surface area contributed by atoms with Gasteiger partial charge in [0.15, 0.2) is 0 Å². The van der Waals surface area contributed by atoms with Crippen molar-refractivity contribution in [2.45, 2.75) is 12.3 Å². The lowest BCUT2D eigenvalue weighted by Gasteiger charge is -2.19. The molecule has 1 atom stereocenters. The van der Waals surface area contributed by atoms with Gasteiger partial charge in [-0.3, -0.25) is 4.79 Å². The van der Waals surface area contributed by atoms with Crippen LogP contribution in [-0.2, 0) is 4.79 Å². The molecule has 0 aliphatic carbocycles. The zero-order valence-corrected chi connectivity index (χ0v) is 16.8. The number of benzene rings is 3. The highest BCUT2D eigenvalue weighted by atomic mass is 16.5. The van der Waals surface area contributed by atoms with Crippen LogP contribution in [0, 0.1) is 0 Å². The van der Waals surface area contributed by atoms with Crippen molar-refractivity contribution in [2.75, 3.05) is 26.6 Å². The first-order valence-corrected chi connectivity index (χ1v) is 9.35. The molecule has 1 N–H and O–H groups in total. The number of carbonyl (C=O) groups excluding carboxylic acids is 1. The highest BCUT2D eigenvalue weighted by molar-refractivity contribution is 5.93. The van der Waals surface area contributed by atoms with Crippen molar-refractivity contribution in [2.24, 2.45) is 0 Å². The second-order valence-electron chi connectivity index (χ2n) is 6.55. The predicted molar refractivity (Wildman–Crippen MR) is 114 cm³/mol. The lowest BCUT2D eigenvalue weighted by atomic mass is 9.88. The predicted octanol–water partition coefficient (Wildman–Crippen LogP) is 4.87. The highest BCUT2D eigenvalue weighted by Gasteiger charge is 2.19. The van der Waals surface area contributed by atoms with Gasteiger partial charge in [-0.15, -0.1) is 0 Å². The fraction of sp³-hybridized carbons (Fsp3) is 0.208. The van der Waals surface area contributed by atoms with Gasteiger partial charge in [0.1, 0.15) is 17.2 Å². The van der Waals surface area contributed by atoms with E-state index in [0.717, 1.165) is 16.9 Å². The summed E-state index contributed by atoms with van der Waals surface area (Å²) in [5.74, 6) is 1.83. The smallest absolute Gasteiger partial charge is 0.225 e. The summed E-state index contributed by atoms with van der Waals surface area (Å²) in [4.78, 5) is 12.9. The average molecular weight is 391 g/mol. The molecule has 0 saturated heterocycles. The van der Waals surface area contributed by atoms with Crippen LogP contribution < -0.4 is 19.5 Å². The second-order valence-corrected chi connectivity index (χ2v) is 6.55. The maximum Gasteiger partial charge on any atom is 0.225 e. The Morgan fingerprint density at radius 2 is 1.41 bits per heavy atom. The fourth-order valence-electron chi connectivity index (χ4n) is 3.24. The van der Waals surface area contributed by atoms with Crippen LogP contribution in [0.15, 0.2) is 72.8 Å². The van der Waals surface area contributed by atoms with E-state index in [1.54, 1.807) is 39.5 Å². The minimum absolute atomic E-state index is 0.0775. The third-order valence-corrected chi connectivity index (χ3v) is 4.79. The Hall–Kier alpha value is -3.47. The van der Waals surface area contributed by atoms with E-state index in [4.69, 9.17) is 14.2 Å². The molecule has 0 aliphatic heterocycles. The number of amides is 1. The van der Waals surface area contributed by atoms with Gasteiger partial charge >= 0.3 is 0 Å². The van der Waals surface area contributed by atoms with Gasteiger partial charge in [-0.1, -0.05) is 42.5 Å². The lowest BCUT2D eigenvalue weighted by molar-refractivity contribution is -0.116. The lowest BCUT2D eigenvalue weighted by Crippen LogP contribution is -2.17. The van der Waals surface area contributed by atoms with Gasteiger partial charge in [-0.05, 0) is 35.4 Å². The number of hydrogen-bond donors (Lipinski definition) is 1. The van der Waals surface area contributed by atoms with Crippen molar-refractivity contribution in [3.63, 3.8) is 0 Å². The largest absolute Gasteiger partial charge is 0.497 e. The minimum atomic E-state index is -0.0989. The molecule has 0 saturated carbocycles. The zero-order valence-electron chi connectivity index (χ0n) is 16.8. The Balaban J connectivity index is 1.83. The molecule has 0 heterocycles. The summed E-state index contributed by atoms with van der Waals surface area (Å²) in [6.07, 6.45) is 0.297.